The molecule has 1 rings (SSSR count). The number of carbonyl (C=O) groups excluding carboxylic acids is 1. The van der Waals surface area contributed by atoms with Crippen molar-refractivity contribution in [2.45, 2.75) is 45.3 Å². The highest BCUT2D eigenvalue weighted by Crippen LogP contribution is 2.26. The van der Waals surface area contributed by atoms with Crippen LogP contribution in [0.1, 0.15) is 39.7 Å². The van der Waals surface area contributed by atoms with Crippen molar-refractivity contribution in [1.82, 2.24) is 5.32 Å². The Morgan fingerprint density at radius 2 is 1.81 bits per heavy atom. The Morgan fingerprint density at radius 3 is 2.29 bits per heavy atom. The summed E-state index contributed by atoms with van der Waals surface area (Å²) in [5.74, 6) is -0.314. The molecule has 0 fully saturated rings. The predicted molar refractivity (Wildman–Crippen MR) is 84.1 cm³/mol. The summed E-state index contributed by atoms with van der Waals surface area (Å²) < 4.78 is 11.3. The summed E-state index contributed by atoms with van der Waals surface area (Å²) in [5, 5.41) is 3.11. The van der Waals surface area contributed by atoms with E-state index in [1.165, 1.54) is 0 Å². The number of benzene rings is 1. The molecule has 0 aliphatic carbocycles. The lowest BCUT2D eigenvalue weighted by Crippen LogP contribution is -2.53. The molecule has 0 heterocycles. The third-order valence-electron chi connectivity index (χ3n) is 3.85. The SMILES string of the molecule is CCOC(=O)C(COC(C)(C)CC)(NC)c1ccccc1. The normalized spacial score (nSPS) is 14.5. The Labute approximate surface area is 127 Å². The van der Waals surface area contributed by atoms with Crippen LogP contribution in [0.25, 0.3) is 0 Å². The molecule has 0 amide bonds. The van der Waals surface area contributed by atoms with Crippen molar-refractivity contribution in [1.29, 1.82) is 0 Å². The van der Waals surface area contributed by atoms with Crippen LogP contribution < -0.4 is 5.32 Å². The van der Waals surface area contributed by atoms with Crippen molar-refractivity contribution in [3.63, 3.8) is 0 Å². The molecule has 0 aliphatic heterocycles. The molecule has 0 spiro atoms. The zero-order valence-corrected chi connectivity index (χ0v) is 13.7. The number of ether oxygens (including phenoxy) is 2. The lowest BCUT2D eigenvalue weighted by Gasteiger charge is -2.35. The molecule has 118 valence electrons. The van der Waals surface area contributed by atoms with Gasteiger partial charge in [-0.3, -0.25) is 5.32 Å². The van der Waals surface area contributed by atoms with E-state index in [0.717, 1.165) is 12.0 Å². The maximum Gasteiger partial charge on any atom is 0.333 e. The van der Waals surface area contributed by atoms with Gasteiger partial charge in [-0.05, 0) is 39.8 Å². The van der Waals surface area contributed by atoms with Crippen molar-refractivity contribution in [3.8, 4) is 0 Å². The zero-order chi connectivity index (χ0) is 15.9. The van der Waals surface area contributed by atoms with Crippen molar-refractivity contribution >= 4 is 5.97 Å². The van der Waals surface area contributed by atoms with Crippen LogP contribution in [-0.2, 0) is 19.8 Å². The lowest BCUT2D eigenvalue weighted by atomic mass is 9.90. The number of nitrogens with one attached hydrogen (secondary N) is 1. The highest BCUT2D eigenvalue weighted by molar-refractivity contribution is 5.83. The topological polar surface area (TPSA) is 47.6 Å². The molecule has 21 heavy (non-hydrogen) atoms. The molecule has 0 aromatic heterocycles. The van der Waals surface area contributed by atoms with Crippen molar-refractivity contribution < 1.29 is 14.3 Å². The molecule has 0 aliphatic rings. The first-order valence-corrected chi connectivity index (χ1v) is 7.47. The van der Waals surface area contributed by atoms with E-state index in [1.807, 2.05) is 44.2 Å². The van der Waals surface area contributed by atoms with Crippen LogP contribution in [0.15, 0.2) is 30.3 Å². The van der Waals surface area contributed by atoms with Gasteiger partial charge < -0.3 is 9.47 Å². The van der Waals surface area contributed by atoms with E-state index in [4.69, 9.17) is 9.47 Å². The number of hydrogen-bond donors (Lipinski definition) is 1. The van der Waals surface area contributed by atoms with Gasteiger partial charge in [0.15, 0.2) is 5.54 Å². The first kappa shape index (κ1) is 17.7. The Bertz CT molecular complexity index is 445. The van der Waals surface area contributed by atoms with Crippen LogP contribution in [0.3, 0.4) is 0 Å². The van der Waals surface area contributed by atoms with Gasteiger partial charge in [0, 0.05) is 0 Å². The highest BCUT2D eigenvalue weighted by atomic mass is 16.5. The van der Waals surface area contributed by atoms with Gasteiger partial charge in [-0.15, -0.1) is 0 Å². The van der Waals surface area contributed by atoms with Crippen LogP contribution in [0.5, 0.6) is 0 Å². The van der Waals surface area contributed by atoms with Gasteiger partial charge in [-0.25, -0.2) is 4.79 Å². The molecule has 1 atom stereocenters. The van der Waals surface area contributed by atoms with E-state index in [1.54, 1.807) is 14.0 Å². The van der Waals surface area contributed by atoms with Gasteiger partial charge in [0.2, 0.25) is 0 Å². The van der Waals surface area contributed by atoms with E-state index in [-0.39, 0.29) is 18.2 Å². The van der Waals surface area contributed by atoms with Crippen molar-refractivity contribution in [2.75, 3.05) is 20.3 Å². The summed E-state index contributed by atoms with van der Waals surface area (Å²) in [4.78, 5) is 12.5. The highest BCUT2D eigenvalue weighted by Gasteiger charge is 2.42. The molecule has 0 saturated heterocycles. The number of carbonyl (C=O) groups is 1. The second kappa shape index (κ2) is 7.57. The second-order valence-corrected chi connectivity index (χ2v) is 5.64. The molecule has 0 bridgehead atoms. The standard InChI is InChI=1S/C17H27NO3/c1-6-16(3,4)21-13-17(18-5,15(19)20-7-2)14-11-9-8-10-12-14/h8-12,18H,6-7,13H2,1-5H3. The summed E-state index contributed by atoms with van der Waals surface area (Å²) >= 11 is 0. The Hall–Kier alpha value is -1.39. The number of hydrogen-bond acceptors (Lipinski definition) is 4. The van der Waals surface area contributed by atoms with Crippen molar-refractivity contribution in [3.05, 3.63) is 35.9 Å². The fourth-order valence-electron chi connectivity index (χ4n) is 1.96. The molecule has 0 radical (unpaired) electrons. The molecule has 1 aromatic rings. The lowest BCUT2D eigenvalue weighted by molar-refractivity contribution is -0.158. The van der Waals surface area contributed by atoms with Gasteiger partial charge >= 0.3 is 5.97 Å². The van der Waals surface area contributed by atoms with E-state index >= 15 is 0 Å². The number of esters is 1. The Morgan fingerprint density at radius 1 is 1.19 bits per heavy atom. The minimum absolute atomic E-state index is 0.229. The third kappa shape index (κ3) is 4.29. The first-order valence-electron chi connectivity index (χ1n) is 7.47. The molecular formula is C17H27NO3. The summed E-state index contributed by atoms with van der Waals surface area (Å²) in [6.45, 7) is 8.47. The maximum absolute atomic E-state index is 12.5. The monoisotopic (exact) mass is 293 g/mol. The summed E-state index contributed by atoms with van der Waals surface area (Å²) in [7, 11) is 1.76. The van der Waals surface area contributed by atoms with Crippen LogP contribution >= 0.6 is 0 Å². The van der Waals surface area contributed by atoms with E-state index in [9.17, 15) is 4.79 Å². The summed E-state index contributed by atoms with van der Waals surface area (Å²) in [6, 6.07) is 9.56. The molecule has 1 aromatic carbocycles. The average Bonchev–Trinajstić information content (AvgIpc) is 2.50. The van der Waals surface area contributed by atoms with Gasteiger partial charge in [0.1, 0.15) is 0 Å². The quantitative estimate of drug-likeness (QED) is 0.749. The van der Waals surface area contributed by atoms with E-state index < -0.39 is 5.54 Å². The molecule has 0 saturated carbocycles. The largest absolute Gasteiger partial charge is 0.464 e. The fourth-order valence-corrected chi connectivity index (χ4v) is 1.96. The molecule has 1 N–H and O–H groups in total. The minimum atomic E-state index is -0.982. The number of likely N-dealkylation sites (N-methyl/N-ethyl adjacent to an activating group) is 1. The van der Waals surface area contributed by atoms with Gasteiger partial charge in [-0.1, -0.05) is 37.3 Å². The third-order valence-corrected chi connectivity index (χ3v) is 3.85. The average molecular weight is 293 g/mol. The second-order valence-electron chi connectivity index (χ2n) is 5.64. The first-order chi connectivity index (χ1) is 9.91. The van der Waals surface area contributed by atoms with Crippen LogP contribution in [-0.4, -0.2) is 31.8 Å². The Balaban J connectivity index is 3.12. The van der Waals surface area contributed by atoms with Crippen LogP contribution in [0.4, 0.5) is 0 Å². The van der Waals surface area contributed by atoms with E-state index in [0.29, 0.717) is 6.61 Å². The van der Waals surface area contributed by atoms with Gasteiger partial charge in [-0.2, -0.15) is 0 Å². The summed E-state index contributed by atoms with van der Waals surface area (Å²) in [6.07, 6.45) is 0.865. The molecule has 4 heteroatoms. The van der Waals surface area contributed by atoms with Gasteiger partial charge in [0.05, 0.1) is 18.8 Å². The smallest absolute Gasteiger partial charge is 0.333 e. The minimum Gasteiger partial charge on any atom is -0.464 e. The fraction of sp³-hybridized carbons (Fsp3) is 0.588. The Kier molecular flexibility index (Phi) is 6.37. The number of rotatable bonds is 8. The maximum atomic E-state index is 12.5. The van der Waals surface area contributed by atoms with Crippen LogP contribution in [0, 0.1) is 0 Å². The molecular weight excluding hydrogens is 266 g/mol. The summed E-state index contributed by atoms with van der Waals surface area (Å²) in [5.41, 5.74) is -0.426. The molecule has 4 nitrogen and oxygen atoms in total. The van der Waals surface area contributed by atoms with E-state index in [2.05, 4.69) is 12.2 Å². The van der Waals surface area contributed by atoms with Gasteiger partial charge in [0.25, 0.3) is 0 Å². The predicted octanol–water partition coefficient (Wildman–Crippen LogP) is 2.87. The van der Waals surface area contributed by atoms with Crippen molar-refractivity contribution in [2.24, 2.45) is 0 Å². The zero-order valence-electron chi connectivity index (χ0n) is 13.7. The van der Waals surface area contributed by atoms with Crippen LogP contribution in [0.2, 0.25) is 0 Å². The molecule has 1 unspecified atom stereocenters.